The molecule has 1 atom stereocenters. The molecule has 4 heteroatoms. The van der Waals surface area contributed by atoms with E-state index in [1.807, 2.05) is 4.57 Å². The van der Waals surface area contributed by atoms with Gasteiger partial charge in [-0.15, -0.1) is 0 Å². The van der Waals surface area contributed by atoms with Gasteiger partial charge < -0.3 is 9.88 Å². The zero-order valence-corrected chi connectivity index (χ0v) is 8.32. The summed E-state index contributed by atoms with van der Waals surface area (Å²) in [5, 5.41) is 2.90. The number of imidazole rings is 1. The van der Waals surface area contributed by atoms with E-state index in [0.29, 0.717) is 11.7 Å². The van der Waals surface area contributed by atoms with Crippen LogP contribution in [0.1, 0.15) is 29.9 Å². The smallest absolute Gasteiger partial charge is 0.208 e. The van der Waals surface area contributed by atoms with Crippen LogP contribution < -0.4 is 5.32 Å². The van der Waals surface area contributed by atoms with Crippen LogP contribution in [0, 0.1) is 0 Å². The highest BCUT2D eigenvalue weighted by Gasteiger charge is 2.26. The number of fused-ring (bicyclic) bond motifs is 1. The highest BCUT2D eigenvalue weighted by molar-refractivity contribution is 6.08. The minimum absolute atomic E-state index is 0.0787. The second-order valence-corrected chi connectivity index (χ2v) is 3.53. The molecule has 0 aromatic carbocycles. The number of hydrogen-bond donors (Lipinski definition) is 1. The van der Waals surface area contributed by atoms with Crippen LogP contribution in [-0.4, -0.2) is 22.4 Å². The van der Waals surface area contributed by atoms with Crippen LogP contribution in [0.2, 0.25) is 0 Å². The summed E-state index contributed by atoms with van der Waals surface area (Å²) >= 11 is 0. The number of Topliss-reactive ketones (excluding diaryl/α,β-unsaturated/α-hetero) is 1. The quantitative estimate of drug-likeness (QED) is 0.677. The molecule has 2 rings (SSSR count). The number of carbonyl (C=O) groups is 1. The highest BCUT2D eigenvalue weighted by Crippen LogP contribution is 2.27. The molecule has 1 aliphatic heterocycles. The number of nitrogens with zero attached hydrogens (tertiary/aromatic N) is 2. The predicted octanol–water partition coefficient (Wildman–Crippen LogP) is 1.13. The number of rotatable bonds is 1. The summed E-state index contributed by atoms with van der Waals surface area (Å²) < 4.78 is 1.93. The van der Waals surface area contributed by atoms with Crippen LogP contribution in [0.25, 0.3) is 0 Å². The Morgan fingerprint density at radius 2 is 2.50 bits per heavy atom. The molecule has 1 N–H and O–H groups in total. The molecule has 1 aromatic heterocycles. The van der Waals surface area contributed by atoms with Crippen LogP contribution in [0.4, 0.5) is 0 Å². The Morgan fingerprint density at radius 1 is 1.71 bits per heavy atom. The van der Waals surface area contributed by atoms with Crippen molar-refractivity contribution in [3.05, 3.63) is 30.0 Å². The normalized spacial score (nSPS) is 23.7. The van der Waals surface area contributed by atoms with Crippen LogP contribution in [0.15, 0.2) is 24.3 Å². The lowest BCUT2D eigenvalue weighted by atomic mass is 9.97. The average Bonchev–Trinajstić information content (AvgIpc) is 2.63. The molecule has 14 heavy (non-hydrogen) atoms. The first-order valence-electron chi connectivity index (χ1n) is 4.67. The van der Waals surface area contributed by atoms with E-state index in [-0.39, 0.29) is 5.78 Å². The van der Waals surface area contributed by atoms with Crippen LogP contribution in [0.3, 0.4) is 0 Å². The molecule has 2 heterocycles. The summed E-state index contributed by atoms with van der Waals surface area (Å²) in [6.07, 6.45) is 5.88. The van der Waals surface area contributed by atoms with Gasteiger partial charge in [-0.25, -0.2) is 4.98 Å². The van der Waals surface area contributed by atoms with E-state index in [9.17, 15) is 4.79 Å². The average molecular weight is 191 g/mol. The molecule has 0 spiro atoms. The molecule has 74 valence electrons. The Labute approximate surface area is 82.6 Å². The molecule has 0 aliphatic carbocycles. The minimum atomic E-state index is 0.0787. The molecule has 1 unspecified atom stereocenters. The fourth-order valence-corrected chi connectivity index (χ4v) is 1.80. The van der Waals surface area contributed by atoms with E-state index >= 15 is 0 Å². The summed E-state index contributed by atoms with van der Waals surface area (Å²) in [6, 6.07) is 0.310. The van der Waals surface area contributed by atoms with Crippen molar-refractivity contribution in [1.82, 2.24) is 14.9 Å². The van der Waals surface area contributed by atoms with Gasteiger partial charge in [0.2, 0.25) is 5.78 Å². The van der Waals surface area contributed by atoms with Gasteiger partial charge in [-0.05, 0) is 13.3 Å². The van der Waals surface area contributed by atoms with Gasteiger partial charge in [-0.3, -0.25) is 4.79 Å². The van der Waals surface area contributed by atoms with Crippen molar-refractivity contribution in [2.45, 2.75) is 19.4 Å². The summed E-state index contributed by atoms with van der Waals surface area (Å²) in [5.74, 6) is 0.0787. The van der Waals surface area contributed by atoms with Crippen molar-refractivity contribution < 1.29 is 4.79 Å². The van der Waals surface area contributed by atoms with Gasteiger partial charge in [0.15, 0.2) is 0 Å². The van der Waals surface area contributed by atoms with Gasteiger partial charge in [-0.1, -0.05) is 0 Å². The van der Waals surface area contributed by atoms with E-state index in [0.717, 1.165) is 12.0 Å². The van der Waals surface area contributed by atoms with Gasteiger partial charge in [0.05, 0.1) is 12.5 Å². The zero-order valence-electron chi connectivity index (χ0n) is 8.32. The van der Waals surface area contributed by atoms with Crippen molar-refractivity contribution in [2.24, 2.45) is 0 Å². The maximum atomic E-state index is 11.8. The molecular weight excluding hydrogens is 178 g/mol. The molecule has 0 amide bonds. The topological polar surface area (TPSA) is 46.9 Å². The Balaban J connectivity index is 2.44. The van der Waals surface area contributed by atoms with E-state index in [2.05, 4.69) is 17.2 Å². The van der Waals surface area contributed by atoms with Gasteiger partial charge in [-0.2, -0.15) is 0 Å². The number of carbonyl (C=O) groups excluding carboxylic acids is 1. The number of ketones is 1. The Hall–Kier alpha value is -1.58. The number of aromatic nitrogens is 2. The lowest BCUT2D eigenvalue weighted by Crippen LogP contribution is -2.22. The van der Waals surface area contributed by atoms with Gasteiger partial charge in [0.25, 0.3) is 0 Å². The van der Waals surface area contributed by atoms with E-state index in [4.69, 9.17) is 0 Å². The standard InChI is InChI=1S/C10H13N3O/c1-7-3-8(4-11-2)10(14)9-5-12-6-13(7)9/h4-7,11H,3H2,1-2H3/b8-4+. The van der Waals surface area contributed by atoms with Crippen molar-refractivity contribution in [3.8, 4) is 0 Å². The first-order valence-corrected chi connectivity index (χ1v) is 4.67. The molecule has 0 saturated carbocycles. The Bertz CT molecular complexity index is 392. The number of allylic oxidation sites excluding steroid dienone is 1. The van der Waals surface area contributed by atoms with Crippen molar-refractivity contribution >= 4 is 5.78 Å². The van der Waals surface area contributed by atoms with Crippen molar-refractivity contribution in [1.29, 1.82) is 0 Å². The predicted molar refractivity (Wildman–Crippen MR) is 53.0 cm³/mol. The number of hydrogen-bond acceptors (Lipinski definition) is 3. The fraction of sp³-hybridized carbons (Fsp3) is 0.400. The van der Waals surface area contributed by atoms with E-state index in [1.165, 1.54) is 0 Å². The van der Waals surface area contributed by atoms with Crippen LogP contribution in [-0.2, 0) is 0 Å². The molecule has 0 saturated heterocycles. The zero-order chi connectivity index (χ0) is 10.1. The summed E-state index contributed by atoms with van der Waals surface area (Å²) in [5.41, 5.74) is 1.51. The molecule has 0 radical (unpaired) electrons. The van der Waals surface area contributed by atoms with Crippen molar-refractivity contribution in [2.75, 3.05) is 7.05 Å². The molecule has 1 aromatic rings. The summed E-state index contributed by atoms with van der Waals surface area (Å²) in [7, 11) is 1.80. The number of nitrogens with one attached hydrogen (secondary N) is 1. The lowest BCUT2D eigenvalue weighted by molar-refractivity contribution is 0.100. The van der Waals surface area contributed by atoms with Gasteiger partial charge in [0, 0.05) is 24.9 Å². The monoisotopic (exact) mass is 191 g/mol. The summed E-state index contributed by atoms with van der Waals surface area (Å²) in [6.45, 7) is 2.08. The largest absolute Gasteiger partial charge is 0.394 e. The fourth-order valence-electron chi connectivity index (χ4n) is 1.80. The molecule has 1 aliphatic rings. The molecule has 4 nitrogen and oxygen atoms in total. The Morgan fingerprint density at radius 3 is 3.21 bits per heavy atom. The second-order valence-electron chi connectivity index (χ2n) is 3.53. The molecule has 0 bridgehead atoms. The third kappa shape index (κ3) is 1.23. The van der Waals surface area contributed by atoms with Crippen LogP contribution in [0.5, 0.6) is 0 Å². The van der Waals surface area contributed by atoms with Gasteiger partial charge >= 0.3 is 0 Å². The third-order valence-corrected chi connectivity index (χ3v) is 2.50. The first kappa shape index (κ1) is 8.99. The highest BCUT2D eigenvalue weighted by atomic mass is 16.1. The van der Waals surface area contributed by atoms with Crippen LogP contribution >= 0.6 is 0 Å². The van der Waals surface area contributed by atoms with E-state index in [1.54, 1.807) is 25.8 Å². The van der Waals surface area contributed by atoms with Crippen molar-refractivity contribution in [3.63, 3.8) is 0 Å². The third-order valence-electron chi connectivity index (χ3n) is 2.50. The van der Waals surface area contributed by atoms with E-state index < -0.39 is 0 Å². The lowest BCUT2D eigenvalue weighted by Gasteiger charge is -2.22. The molecular formula is C10H13N3O. The maximum absolute atomic E-state index is 11.8. The van der Waals surface area contributed by atoms with Gasteiger partial charge in [0.1, 0.15) is 5.69 Å². The minimum Gasteiger partial charge on any atom is -0.394 e. The summed E-state index contributed by atoms with van der Waals surface area (Å²) in [4.78, 5) is 15.8. The Kier molecular flexibility index (Phi) is 2.11. The SMILES string of the molecule is CN/C=C1\CC(C)n2cncc2C1=O. The second kappa shape index (κ2) is 3.29. The first-order chi connectivity index (χ1) is 6.74. The maximum Gasteiger partial charge on any atom is 0.208 e. The molecule has 0 fully saturated rings.